The number of nitrogens with zero attached hydrogens (tertiary/aromatic N) is 1. The van der Waals surface area contributed by atoms with Crippen molar-refractivity contribution in [3.8, 4) is 0 Å². The van der Waals surface area contributed by atoms with Crippen molar-refractivity contribution in [3.63, 3.8) is 0 Å². The molecule has 0 unspecified atom stereocenters. The summed E-state index contributed by atoms with van der Waals surface area (Å²) >= 11 is 0. The third-order valence-corrected chi connectivity index (χ3v) is 3.38. The van der Waals surface area contributed by atoms with Gasteiger partial charge in [-0.2, -0.15) is 0 Å². The van der Waals surface area contributed by atoms with Crippen LogP contribution in [0.1, 0.15) is 16.9 Å². The van der Waals surface area contributed by atoms with E-state index in [0.717, 1.165) is 30.4 Å². The van der Waals surface area contributed by atoms with Gasteiger partial charge in [-0.1, -0.05) is 18.2 Å². The van der Waals surface area contributed by atoms with E-state index in [1.807, 2.05) is 24.3 Å². The minimum Gasteiger partial charge on any atom is -0.351 e. The number of nitrogens with one attached hydrogen (secondary N) is 2. The van der Waals surface area contributed by atoms with E-state index in [9.17, 15) is 9.59 Å². The van der Waals surface area contributed by atoms with Crippen molar-refractivity contribution in [1.29, 1.82) is 0 Å². The molecule has 1 fully saturated rings. The molecule has 5 heteroatoms. The van der Waals surface area contributed by atoms with E-state index in [-0.39, 0.29) is 18.4 Å². The van der Waals surface area contributed by atoms with Crippen LogP contribution in [0.3, 0.4) is 0 Å². The van der Waals surface area contributed by atoms with Gasteiger partial charge in [-0.15, -0.1) is 0 Å². The van der Waals surface area contributed by atoms with Crippen molar-refractivity contribution in [2.45, 2.75) is 6.42 Å². The van der Waals surface area contributed by atoms with Crippen molar-refractivity contribution in [3.05, 3.63) is 36.0 Å². The van der Waals surface area contributed by atoms with E-state index in [4.69, 9.17) is 0 Å². The molecule has 0 aliphatic carbocycles. The van der Waals surface area contributed by atoms with E-state index in [1.165, 1.54) is 0 Å². The van der Waals surface area contributed by atoms with Crippen molar-refractivity contribution < 1.29 is 9.59 Å². The first-order valence-electron chi connectivity index (χ1n) is 6.38. The number of rotatable bonds is 3. The number of benzene rings is 1. The molecule has 1 aliphatic heterocycles. The second-order valence-corrected chi connectivity index (χ2v) is 4.69. The predicted octanol–water partition coefficient (Wildman–Crippen LogP) is 1.13. The van der Waals surface area contributed by atoms with Crippen LogP contribution >= 0.6 is 0 Å². The fourth-order valence-electron chi connectivity index (χ4n) is 2.12. The lowest BCUT2D eigenvalue weighted by atomic mass is 10.2. The lowest BCUT2D eigenvalue weighted by molar-refractivity contribution is -0.133. The van der Waals surface area contributed by atoms with Crippen LogP contribution in [0.4, 0.5) is 0 Å². The monoisotopic (exact) mass is 257 g/mol. The van der Waals surface area contributed by atoms with Crippen molar-refractivity contribution in [2.24, 2.45) is 0 Å². The third kappa shape index (κ3) is 2.31. The summed E-state index contributed by atoms with van der Waals surface area (Å²) in [6.45, 7) is 1.68. The van der Waals surface area contributed by atoms with Gasteiger partial charge >= 0.3 is 0 Å². The SMILES string of the molecule is O=C(NCC(=O)N1CCC1)c1cc2ccccc2[nH]1. The number of H-pyrrole nitrogens is 1. The molecular weight excluding hydrogens is 242 g/mol. The molecule has 2 aromatic rings. The Morgan fingerprint density at radius 3 is 2.74 bits per heavy atom. The third-order valence-electron chi connectivity index (χ3n) is 3.38. The zero-order chi connectivity index (χ0) is 13.2. The van der Waals surface area contributed by atoms with Crippen LogP contribution in [0.25, 0.3) is 10.9 Å². The van der Waals surface area contributed by atoms with E-state index in [1.54, 1.807) is 11.0 Å². The minimum absolute atomic E-state index is 0.0179. The van der Waals surface area contributed by atoms with E-state index < -0.39 is 0 Å². The maximum atomic E-state index is 11.9. The van der Waals surface area contributed by atoms with Crippen molar-refractivity contribution >= 4 is 22.7 Å². The highest BCUT2D eigenvalue weighted by molar-refractivity contribution is 5.99. The van der Waals surface area contributed by atoms with Gasteiger partial charge in [0.1, 0.15) is 5.69 Å². The molecule has 98 valence electrons. The Balaban J connectivity index is 1.64. The first-order chi connectivity index (χ1) is 9.24. The Kier molecular flexibility index (Phi) is 2.95. The standard InChI is InChI=1S/C14H15N3O2/c18-13(17-6-3-7-17)9-15-14(19)12-8-10-4-1-2-5-11(10)16-12/h1-2,4-5,8,16H,3,6-7,9H2,(H,15,19). The number of hydrogen-bond acceptors (Lipinski definition) is 2. The average Bonchev–Trinajstić information content (AvgIpc) is 2.77. The number of hydrogen-bond donors (Lipinski definition) is 2. The van der Waals surface area contributed by atoms with Gasteiger partial charge in [0.25, 0.3) is 5.91 Å². The van der Waals surface area contributed by atoms with E-state index >= 15 is 0 Å². The van der Waals surface area contributed by atoms with Gasteiger partial charge in [0.2, 0.25) is 5.91 Å². The number of para-hydroxylation sites is 1. The highest BCUT2D eigenvalue weighted by Crippen LogP contribution is 2.14. The summed E-state index contributed by atoms with van der Waals surface area (Å²) in [5.41, 5.74) is 1.40. The Morgan fingerprint density at radius 1 is 1.26 bits per heavy atom. The lowest BCUT2D eigenvalue weighted by Gasteiger charge is -2.30. The van der Waals surface area contributed by atoms with Gasteiger partial charge in [0, 0.05) is 24.0 Å². The summed E-state index contributed by atoms with van der Waals surface area (Å²) in [5, 5.41) is 3.64. The summed E-state index contributed by atoms with van der Waals surface area (Å²) in [6.07, 6.45) is 1.06. The molecule has 1 saturated heterocycles. The van der Waals surface area contributed by atoms with Crippen LogP contribution in [0.5, 0.6) is 0 Å². The first-order valence-corrected chi connectivity index (χ1v) is 6.38. The average molecular weight is 257 g/mol. The maximum absolute atomic E-state index is 11.9. The van der Waals surface area contributed by atoms with Gasteiger partial charge in [-0.3, -0.25) is 9.59 Å². The molecule has 5 nitrogen and oxygen atoms in total. The number of aromatic nitrogens is 1. The molecule has 1 aromatic carbocycles. The van der Waals surface area contributed by atoms with Gasteiger partial charge in [0.15, 0.2) is 0 Å². The van der Waals surface area contributed by atoms with Crippen LogP contribution in [0.15, 0.2) is 30.3 Å². The maximum Gasteiger partial charge on any atom is 0.268 e. The largest absolute Gasteiger partial charge is 0.351 e. The lowest BCUT2D eigenvalue weighted by Crippen LogP contribution is -2.47. The minimum atomic E-state index is -0.245. The number of carbonyl (C=O) groups is 2. The molecule has 0 saturated carbocycles. The molecule has 2 amide bonds. The Bertz CT molecular complexity index is 595. The normalized spacial score (nSPS) is 14.2. The van der Waals surface area contributed by atoms with E-state index in [2.05, 4.69) is 10.3 Å². The quantitative estimate of drug-likeness (QED) is 0.865. The fourth-order valence-corrected chi connectivity index (χ4v) is 2.12. The summed E-state index contributed by atoms with van der Waals surface area (Å²) in [4.78, 5) is 28.3. The zero-order valence-corrected chi connectivity index (χ0v) is 10.5. The second-order valence-electron chi connectivity index (χ2n) is 4.69. The van der Waals surface area contributed by atoms with Gasteiger partial charge < -0.3 is 15.2 Å². The summed E-state index contributed by atoms with van der Waals surface area (Å²) in [7, 11) is 0. The van der Waals surface area contributed by atoms with Crippen LogP contribution < -0.4 is 5.32 Å². The summed E-state index contributed by atoms with van der Waals surface area (Å²) in [5.74, 6) is -0.263. The molecule has 19 heavy (non-hydrogen) atoms. The van der Waals surface area contributed by atoms with Crippen molar-refractivity contribution in [2.75, 3.05) is 19.6 Å². The molecule has 2 heterocycles. The van der Waals surface area contributed by atoms with Crippen LogP contribution in [0, 0.1) is 0 Å². The number of carbonyl (C=O) groups excluding carboxylic acids is 2. The predicted molar refractivity (Wildman–Crippen MR) is 71.8 cm³/mol. The second kappa shape index (κ2) is 4.76. The highest BCUT2D eigenvalue weighted by Gasteiger charge is 2.20. The van der Waals surface area contributed by atoms with Gasteiger partial charge in [-0.05, 0) is 18.6 Å². The number of likely N-dealkylation sites (tertiary alicyclic amines) is 1. The molecule has 3 rings (SSSR count). The molecular formula is C14H15N3O2. The Labute approximate surface area is 110 Å². The van der Waals surface area contributed by atoms with Gasteiger partial charge in [-0.25, -0.2) is 0 Å². The highest BCUT2D eigenvalue weighted by atomic mass is 16.2. The molecule has 0 bridgehead atoms. The smallest absolute Gasteiger partial charge is 0.268 e. The Morgan fingerprint density at radius 2 is 2.05 bits per heavy atom. The molecule has 1 aliphatic rings. The molecule has 1 aromatic heterocycles. The van der Waals surface area contributed by atoms with Crippen LogP contribution in [-0.4, -0.2) is 41.3 Å². The zero-order valence-electron chi connectivity index (χ0n) is 10.5. The Hall–Kier alpha value is -2.30. The van der Waals surface area contributed by atoms with Crippen LogP contribution in [0.2, 0.25) is 0 Å². The summed E-state index contributed by atoms with van der Waals surface area (Å²) < 4.78 is 0. The first kappa shape index (κ1) is 11.8. The molecule has 0 radical (unpaired) electrons. The molecule has 0 spiro atoms. The van der Waals surface area contributed by atoms with Crippen LogP contribution in [-0.2, 0) is 4.79 Å². The number of fused-ring (bicyclic) bond motifs is 1. The molecule has 2 N–H and O–H groups in total. The topological polar surface area (TPSA) is 65.2 Å². The number of aromatic amines is 1. The summed E-state index contributed by atoms with van der Waals surface area (Å²) in [6, 6.07) is 9.48. The number of amides is 2. The molecule has 0 atom stereocenters. The fraction of sp³-hybridized carbons (Fsp3) is 0.286. The van der Waals surface area contributed by atoms with Crippen molar-refractivity contribution in [1.82, 2.24) is 15.2 Å². The van der Waals surface area contributed by atoms with Gasteiger partial charge in [0.05, 0.1) is 6.54 Å². The van der Waals surface area contributed by atoms with E-state index in [0.29, 0.717) is 5.69 Å².